The number of aryl methyl sites for hydroxylation is 2. The zero-order valence-electron chi connectivity index (χ0n) is 21.4. The molecule has 0 aliphatic carbocycles. The van der Waals surface area contributed by atoms with Crippen LogP contribution in [0.4, 0.5) is 0 Å². The predicted octanol–water partition coefficient (Wildman–Crippen LogP) is 5.11. The Balaban J connectivity index is 1.83. The molecular weight excluding hydrogens is 493 g/mol. The van der Waals surface area contributed by atoms with Crippen molar-refractivity contribution >= 4 is 19.2 Å². The highest BCUT2D eigenvalue weighted by atomic mass is 31.2. The topological polar surface area (TPSA) is 122 Å². The SMILES string of the molecule is CCOC(=O)[C@H](Cc1ccccc1)NC(=O)c1cc(Oc2c(C)cc(CP(C)(=O)O)cc2C)ccc1O. The van der Waals surface area contributed by atoms with E-state index in [4.69, 9.17) is 9.47 Å². The number of rotatable bonds is 10. The zero-order chi connectivity index (χ0) is 27.2. The molecule has 196 valence electrons. The molecule has 8 nitrogen and oxygen atoms in total. The average Bonchev–Trinajstić information content (AvgIpc) is 2.81. The number of phenols is 1. The van der Waals surface area contributed by atoms with Gasteiger partial charge in [-0.15, -0.1) is 0 Å². The average molecular weight is 526 g/mol. The number of hydrogen-bond donors (Lipinski definition) is 3. The summed E-state index contributed by atoms with van der Waals surface area (Å²) in [6, 6.07) is 16.1. The van der Waals surface area contributed by atoms with Crippen molar-refractivity contribution < 1.29 is 33.6 Å². The van der Waals surface area contributed by atoms with Crippen LogP contribution in [0.5, 0.6) is 17.2 Å². The van der Waals surface area contributed by atoms with Crippen molar-refractivity contribution in [3.8, 4) is 17.2 Å². The smallest absolute Gasteiger partial charge is 0.328 e. The Hall–Kier alpha value is -3.61. The molecule has 3 aromatic rings. The summed E-state index contributed by atoms with van der Waals surface area (Å²) in [5.41, 5.74) is 3.03. The number of nitrogens with one attached hydrogen (secondary N) is 1. The van der Waals surface area contributed by atoms with E-state index in [0.717, 1.165) is 22.3 Å². The summed E-state index contributed by atoms with van der Waals surface area (Å²) in [6.07, 6.45) is 0.286. The lowest BCUT2D eigenvalue weighted by atomic mass is 10.0. The van der Waals surface area contributed by atoms with E-state index in [2.05, 4.69) is 5.32 Å². The molecule has 0 aliphatic heterocycles. The number of ether oxygens (including phenoxy) is 2. The number of amides is 1. The Bertz CT molecular complexity index is 1290. The Morgan fingerprint density at radius 3 is 2.24 bits per heavy atom. The molecule has 2 atom stereocenters. The van der Waals surface area contributed by atoms with Crippen molar-refractivity contribution in [2.24, 2.45) is 0 Å². The molecule has 0 aliphatic rings. The first-order valence-corrected chi connectivity index (χ1v) is 14.2. The maximum atomic E-state index is 13.1. The third-order valence-corrected chi connectivity index (χ3v) is 6.54. The van der Waals surface area contributed by atoms with Crippen LogP contribution in [0.2, 0.25) is 0 Å². The molecule has 0 bridgehead atoms. The summed E-state index contributed by atoms with van der Waals surface area (Å²) in [7, 11) is -3.22. The number of benzene rings is 3. The van der Waals surface area contributed by atoms with Gasteiger partial charge in [0, 0.05) is 19.2 Å². The highest BCUT2D eigenvalue weighted by Gasteiger charge is 2.25. The number of esters is 1. The summed E-state index contributed by atoms with van der Waals surface area (Å²) >= 11 is 0. The predicted molar refractivity (Wildman–Crippen MR) is 142 cm³/mol. The molecule has 0 spiro atoms. The molecule has 0 fully saturated rings. The largest absolute Gasteiger partial charge is 0.507 e. The van der Waals surface area contributed by atoms with E-state index < -0.39 is 25.3 Å². The third kappa shape index (κ3) is 7.94. The number of hydrogen-bond acceptors (Lipinski definition) is 6. The molecule has 1 amide bonds. The molecule has 0 aromatic heterocycles. The first-order valence-electron chi connectivity index (χ1n) is 11.9. The van der Waals surface area contributed by atoms with Crippen LogP contribution in [0.1, 0.15) is 39.5 Å². The Labute approximate surface area is 216 Å². The van der Waals surface area contributed by atoms with Crippen LogP contribution in [0.3, 0.4) is 0 Å². The van der Waals surface area contributed by atoms with E-state index in [-0.39, 0.29) is 30.5 Å². The van der Waals surface area contributed by atoms with Crippen LogP contribution in [0.15, 0.2) is 60.7 Å². The van der Waals surface area contributed by atoms with Crippen LogP contribution in [-0.2, 0) is 26.7 Å². The monoisotopic (exact) mass is 525 g/mol. The van der Waals surface area contributed by atoms with Crippen LogP contribution < -0.4 is 10.1 Å². The van der Waals surface area contributed by atoms with Crippen molar-refractivity contribution in [3.63, 3.8) is 0 Å². The van der Waals surface area contributed by atoms with Crippen molar-refractivity contribution in [2.75, 3.05) is 13.3 Å². The summed E-state index contributed by atoms with van der Waals surface area (Å²) < 4.78 is 23.0. The minimum Gasteiger partial charge on any atom is -0.507 e. The molecule has 3 aromatic carbocycles. The zero-order valence-corrected chi connectivity index (χ0v) is 22.2. The molecule has 0 heterocycles. The first-order chi connectivity index (χ1) is 17.5. The normalized spacial score (nSPS) is 13.3. The van der Waals surface area contributed by atoms with Gasteiger partial charge in [0.1, 0.15) is 23.3 Å². The molecule has 0 saturated carbocycles. The van der Waals surface area contributed by atoms with Gasteiger partial charge in [0.15, 0.2) is 0 Å². The Morgan fingerprint density at radius 2 is 1.65 bits per heavy atom. The molecule has 0 radical (unpaired) electrons. The van der Waals surface area contributed by atoms with E-state index in [1.165, 1.54) is 24.9 Å². The number of phenolic OH excluding ortho intramolecular Hbond substituents is 1. The van der Waals surface area contributed by atoms with Gasteiger partial charge in [-0.3, -0.25) is 9.36 Å². The minimum absolute atomic E-state index is 0.0565. The fourth-order valence-electron chi connectivity index (χ4n) is 4.03. The van der Waals surface area contributed by atoms with Crippen molar-refractivity contribution in [1.29, 1.82) is 0 Å². The molecular formula is C28H32NO7P. The second-order valence-electron chi connectivity index (χ2n) is 9.02. The molecule has 37 heavy (non-hydrogen) atoms. The van der Waals surface area contributed by atoms with Gasteiger partial charge in [0.05, 0.1) is 12.2 Å². The van der Waals surface area contributed by atoms with Crippen LogP contribution >= 0.6 is 7.37 Å². The van der Waals surface area contributed by atoms with Crippen LogP contribution in [-0.4, -0.2) is 41.2 Å². The van der Waals surface area contributed by atoms with Gasteiger partial charge < -0.3 is 24.8 Å². The molecule has 0 saturated heterocycles. The Morgan fingerprint density at radius 1 is 1.00 bits per heavy atom. The van der Waals surface area contributed by atoms with Gasteiger partial charge in [0.25, 0.3) is 5.91 Å². The van der Waals surface area contributed by atoms with Crippen molar-refractivity contribution in [2.45, 2.75) is 39.4 Å². The maximum Gasteiger partial charge on any atom is 0.328 e. The second-order valence-corrected chi connectivity index (χ2v) is 11.4. The van der Waals surface area contributed by atoms with Gasteiger partial charge in [-0.2, -0.15) is 0 Å². The van der Waals surface area contributed by atoms with Gasteiger partial charge in [0.2, 0.25) is 7.37 Å². The fraction of sp³-hybridized carbons (Fsp3) is 0.286. The van der Waals surface area contributed by atoms with E-state index in [9.17, 15) is 24.2 Å². The third-order valence-electron chi connectivity index (χ3n) is 5.59. The van der Waals surface area contributed by atoms with E-state index in [1.54, 1.807) is 19.1 Å². The van der Waals surface area contributed by atoms with Crippen LogP contribution in [0, 0.1) is 13.8 Å². The molecule has 3 N–H and O–H groups in total. The standard InChI is InChI=1S/C28H32NO7P/c1-5-35-28(32)24(15-20-9-7-6-8-10-20)29-27(31)23-16-22(11-12-25(23)30)36-26-18(2)13-21(14-19(26)3)17-37(4,33)34/h6-14,16,24,30H,5,15,17H2,1-4H3,(H,29,31)(H,33,34)/t24-/m0/s1. The van der Waals surface area contributed by atoms with E-state index >= 15 is 0 Å². The van der Waals surface area contributed by atoms with Gasteiger partial charge >= 0.3 is 5.97 Å². The number of aromatic hydroxyl groups is 1. The number of carbonyl (C=O) groups excluding carboxylic acids is 2. The van der Waals surface area contributed by atoms with Gasteiger partial charge in [-0.05, 0) is 61.2 Å². The lowest BCUT2D eigenvalue weighted by Crippen LogP contribution is -2.43. The minimum atomic E-state index is -3.22. The summed E-state index contributed by atoms with van der Waals surface area (Å²) in [5.74, 6) is -0.642. The van der Waals surface area contributed by atoms with Crippen LogP contribution in [0.25, 0.3) is 0 Å². The lowest BCUT2D eigenvalue weighted by molar-refractivity contribution is -0.145. The van der Waals surface area contributed by atoms with Crippen molar-refractivity contribution in [3.05, 3.63) is 88.5 Å². The van der Waals surface area contributed by atoms with E-state index in [1.807, 2.05) is 44.2 Å². The fourth-order valence-corrected chi connectivity index (χ4v) is 4.89. The lowest BCUT2D eigenvalue weighted by Gasteiger charge is -2.19. The van der Waals surface area contributed by atoms with Gasteiger partial charge in [-0.1, -0.05) is 42.5 Å². The first kappa shape index (κ1) is 28.0. The quantitative estimate of drug-likeness (QED) is 0.248. The molecule has 1 unspecified atom stereocenters. The summed E-state index contributed by atoms with van der Waals surface area (Å²) in [4.78, 5) is 35.4. The molecule has 9 heteroatoms. The second kappa shape index (κ2) is 12.1. The van der Waals surface area contributed by atoms with E-state index in [0.29, 0.717) is 11.5 Å². The highest BCUT2D eigenvalue weighted by Crippen LogP contribution is 2.41. The van der Waals surface area contributed by atoms with Gasteiger partial charge in [-0.25, -0.2) is 4.79 Å². The summed E-state index contributed by atoms with van der Waals surface area (Å²) in [5, 5.41) is 13.1. The number of carbonyl (C=O) groups is 2. The molecule has 3 rings (SSSR count). The summed E-state index contributed by atoms with van der Waals surface area (Å²) in [6.45, 7) is 6.82. The highest BCUT2D eigenvalue weighted by molar-refractivity contribution is 7.56. The van der Waals surface area contributed by atoms with Crippen molar-refractivity contribution in [1.82, 2.24) is 5.32 Å². The maximum absolute atomic E-state index is 13.1. The Kier molecular flexibility index (Phi) is 9.14.